The van der Waals surface area contributed by atoms with Gasteiger partial charge in [-0.3, -0.25) is 4.99 Å². The molecule has 0 bridgehead atoms. The molecule has 1 saturated heterocycles. The molecule has 2 N–H and O–H groups in total. The fourth-order valence-corrected chi connectivity index (χ4v) is 2.98. The molecule has 0 aliphatic carbocycles. The van der Waals surface area contributed by atoms with Crippen LogP contribution in [-0.2, 0) is 4.74 Å². The predicted molar refractivity (Wildman–Crippen MR) is 116 cm³/mol. The van der Waals surface area contributed by atoms with Crippen LogP contribution < -0.4 is 15.5 Å². The summed E-state index contributed by atoms with van der Waals surface area (Å²) in [7, 11) is 0. The van der Waals surface area contributed by atoms with Crippen LogP contribution in [-0.4, -0.2) is 62.6 Å². The number of ether oxygens (including phenoxy) is 1. The molecule has 1 aromatic rings. The first-order valence-corrected chi connectivity index (χ1v) is 9.31. The van der Waals surface area contributed by atoms with Gasteiger partial charge in [-0.2, -0.15) is 13.2 Å². The molecular formula is C17H26ClF3IN5O. The molecule has 6 nitrogen and oxygen atoms in total. The Morgan fingerprint density at radius 1 is 1.46 bits per heavy atom. The molecule has 1 unspecified atom stereocenters. The lowest BCUT2D eigenvalue weighted by atomic mass is 10.3. The largest absolute Gasteiger partial charge is 0.411 e. The van der Waals surface area contributed by atoms with Crippen LogP contribution in [0.4, 0.5) is 19.0 Å². The molecule has 11 heteroatoms. The Morgan fingerprint density at radius 2 is 2.25 bits per heavy atom. The van der Waals surface area contributed by atoms with Crippen molar-refractivity contribution in [2.24, 2.45) is 4.99 Å². The number of nitrogens with one attached hydrogen (secondary N) is 2. The van der Waals surface area contributed by atoms with Crippen LogP contribution in [0.1, 0.15) is 19.8 Å². The van der Waals surface area contributed by atoms with Crippen molar-refractivity contribution in [2.45, 2.75) is 32.0 Å². The third kappa shape index (κ3) is 8.99. The summed E-state index contributed by atoms with van der Waals surface area (Å²) in [6.07, 6.45) is -1.24. The van der Waals surface area contributed by atoms with Gasteiger partial charge >= 0.3 is 6.18 Å². The van der Waals surface area contributed by atoms with Crippen LogP contribution in [0.5, 0.6) is 0 Å². The minimum absolute atomic E-state index is 0. The summed E-state index contributed by atoms with van der Waals surface area (Å²) >= 11 is 6.20. The number of alkyl halides is 3. The lowest BCUT2D eigenvalue weighted by molar-refractivity contribution is -0.173. The third-order valence-electron chi connectivity index (χ3n) is 3.89. The smallest absolute Gasteiger partial charge is 0.372 e. The van der Waals surface area contributed by atoms with Gasteiger partial charge in [-0.15, -0.1) is 24.0 Å². The van der Waals surface area contributed by atoms with E-state index in [0.29, 0.717) is 30.5 Å². The van der Waals surface area contributed by atoms with Gasteiger partial charge in [0.15, 0.2) is 5.96 Å². The predicted octanol–water partition coefficient (Wildman–Crippen LogP) is 3.46. The maximum Gasteiger partial charge on any atom is 0.411 e. The molecule has 1 fully saturated rings. The first-order valence-electron chi connectivity index (χ1n) is 8.94. The second-order valence-electron chi connectivity index (χ2n) is 6.17. The maximum atomic E-state index is 12.0. The lowest BCUT2D eigenvalue weighted by Crippen LogP contribution is -2.44. The van der Waals surface area contributed by atoms with Crippen molar-refractivity contribution < 1.29 is 17.9 Å². The summed E-state index contributed by atoms with van der Waals surface area (Å²) < 4.78 is 40.6. The summed E-state index contributed by atoms with van der Waals surface area (Å²) in [6, 6.07) is 3.80. The van der Waals surface area contributed by atoms with E-state index in [-0.39, 0.29) is 36.6 Å². The minimum Gasteiger partial charge on any atom is -0.372 e. The molecule has 0 radical (unpaired) electrons. The van der Waals surface area contributed by atoms with Gasteiger partial charge in [-0.1, -0.05) is 11.6 Å². The summed E-state index contributed by atoms with van der Waals surface area (Å²) in [6.45, 7) is 3.42. The molecule has 28 heavy (non-hydrogen) atoms. The number of guanidine groups is 1. The zero-order valence-electron chi connectivity index (χ0n) is 15.6. The Labute approximate surface area is 185 Å². The maximum absolute atomic E-state index is 12.0. The van der Waals surface area contributed by atoms with Crippen LogP contribution in [0.3, 0.4) is 0 Å². The third-order valence-corrected chi connectivity index (χ3v) is 4.19. The summed E-state index contributed by atoms with van der Waals surface area (Å²) in [5.74, 6) is 1.42. The zero-order valence-corrected chi connectivity index (χ0v) is 18.7. The van der Waals surface area contributed by atoms with E-state index in [1.807, 2.05) is 13.0 Å². The van der Waals surface area contributed by atoms with Gasteiger partial charge in [0.05, 0.1) is 5.02 Å². The molecule has 0 saturated carbocycles. The molecule has 2 heterocycles. The Kier molecular flexibility index (Phi) is 11.2. The molecule has 0 aromatic carbocycles. The van der Waals surface area contributed by atoms with E-state index in [2.05, 4.69) is 30.2 Å². The Morgan fingerprint density at radius 3 is 2.93 bits per heavy atom. The monoisotopic (exact) mass is 535 g/mol. The van der Waals surface area contributed by atoms with Gasteiger partial charge in [-0.05, 0) is 31.9 Å². The molecule has 1 aliphatic rings. The van der Waals surface area contributed by atoms with Crippen LogP contribution in [0.25, 0.3) is 0 Å². The van der Waals surface area contributed by atoms with E-state index in [1.165, 1.54) is 0 Å². The first kappa shape index (κ1) is 25.0. The molecule has 1 aliphatic heterocycles. The molecular weight excluding hydrogens is 510 g/mol. The summed E-state index contributed by atoms with van der Waals surface area (Å²) in [5, 5.41) is 7.13. The zero-order chi connectivity index (χ0) is 19.7. The number of pyridine rings is 1. The fourth-order valence-electron chi connectivity index (χ4n) is 2.74. The highest BCUT2D eigenvalue weighted by Gasteiger charge is 2.27. The number of anilines is 1. The number of hydrogen-bond acceptors (Lipinski definition) is 4. The Hall–Kier alpha value is -1.01. The van der Waals surface area contributed by atoms with Crippen molar-refractivity contribution in [3.05, 3.63) is 23.4 Å². The summed E-state index contributed by atoms with van der Waals surface area (Å²) in [4.78, 5) is 10.9. The molecule has 160 valence electrons. The number of aromatic nitrogens is 1. The molecule has 1 aromatic heterocycles. The number of nitrogens with zero attached hydrogens (tertiary/aromatic N) is 3. The number of aliphatic imine (C=N–C) groups is 1. The minimum atomic E-state index is -4.29. The highest BCUT2D eigenvalue weighted by Crippen LogP contribution is 2.25. The Bertz CT molecular complexity index is 621. The van der Waals surface area contributed by atoms with Crippen molar-refractivity contribution in [1.82, 2.24) is 15.6 Å². The molecule has 0 spiro atoms. The highest BCUT2D eigenvalue weighted by atomic mass is 127. The standard InChI is InChI=1S/C17H25ClF3N5O.HI/c1-2-22-16(24-8-4-10-27-12-17(19,20)21)25-13-6-9-26(11-13)15-14(18)5-3-7-23-15;/h3,5,7,13H,2,4,6,8-12H2,1H3,(H2,22,24,25);1H. The van der Waals surface area contributed by atoms with Gasteiger partial charge in [0.1, 0.15) is 12.4 Å². The van der Waals surface area contributed by atoms with E-state index in [1.54, 1.807) is 12.3 Å². The summed E-state index contributed by atoms with van der Waals surface area (Å²) in [5.41, 5.74) is 0. The van der Waals surface area contributed by atoms with E-state index < -0.39 is 12.8 Å². The van der Waals surface area contributed by atoms with Gasteiger partial charge in [-0.25, -0.2) is 4.98 Å². The number of halogens is 5. The van der Waals surface area contributed by atoms with E-state index in [4.69, 9.17) is 11.6 Å². The lowest BCUT2D eigenvalue weighted by Gasteiger charge is -2.20. The van der Waals surface area contributed by atoms with Gasteiger partial charge < -0.3 is 20.3 Å². The number of rotatable bonds is 8. The first-order chi connectivity index (χ1) is 12.9. The van der Waals surface area contributed by atoms with Crippen molar-refractivity contribution in [2.75, 3.05) is 44.3 Å². The quantitative estimate of drug-likeness (QED) is 0.231. The molecule has 0 amide bonds. The van der Waals surface area contributed by atoms with Crippen LogP contribution in [0.2, 0.25) is 5.02 Å². The number of hydrogen-bond donors (Lipinski definition) is 2. The normalized spacial score (nSPS) is 17.4. The fraction of sp³-hybridized carbons (Fsp3) is 0.647. The van der Waals surface area contributed by atoms with Crippen LogP contribution in [0, 0.1) is 0 Å². The second kappa shape index (κ2) is 12.5. The topological polar surface area (TPSA) is 61.8 Å². The average molecular weight is 536 g/mol. The molecule has 2 rings (SSSR count). The van der Waals surface area contributed by atoms with E-state index in [9.17, 15) is 13.2 Å². The van der Waals surface area contributed by atoms with Crippen molar-refractivity contribution in [3.8, 4) is 0 Å². The van der Waals surface area contributed by atoms with Crippen molar-refractivity contribution in [3.63, 3.8) is 0 Å². The Balaban J connectivity index is 0.00000392. The second-order valence-corrected chi connectivity index (χ2v) is 6.57. The van der Waals surface area contributed by atoms with Crippen molar-refractivity contribution in [1.29, 1.82) is 0 Å². The van der Waals surface area contributed by atoms with E-state index in [0.717, 1.165) is 25.3 Å². The average Bonchev–Trinajstić information content (AvgIpc) is 3.06. The SMILES string of the molecule is CCNC(=NCCCOCC(F)(F)F)NC1CCN(c2ncccc2Cl)C1.I. The van der Waals surface area contributed by atoms with Gasteiger partial charge in [0.25, 0.3) is 0 Å². The van der Waals surface area contributed by atoms with Gasteiger partial charge in [0.2, 0.25) is 0 Å². The van der Waals surface area contributed by atoms with Crippen molar-refractivity contribution >= 4 is 47.4 Å². The van der Waals surface area contributed by atoms with E-state index >= 15 is 0 Å². The van der Waals surface area contributed by atoms with Gasteiger partial charge in [0, 0.05) is 45.0 Å². The highest BCUT2D eigenvalue weighted by molar-refractivity contribution is 14.0. The van der Waals surface area contributed by atoms with Crippen LogP contribution >= 0.6 is 35.6 Å². The molecule has 1 atom stereocenters. The van der Waals surface area contributed by atoms with Crippen LogP contribution in [0.15, 0.2) is 23.3 Å².